The maximum absolute atomic E-state index is 12.2. The smallest absolute Gasteiger partial charge is 0.223 e. The molecule has 2 fully saturated rings. The van der Waals surface area contributed by atoms with E-state index in [0.29, 0.717) is 5.92 Å². The Hall–Kier alpha value is -0.870. The molecule has 2 aliphatic rings. The summed E-state index contributed by atoms with van der Waals surface area (Å²) in [5, 5.41) is 12.6. The van der Waals surface area contributed by atoms with Crippen molar-refractivity contribution in [1.82, 2.24) is 5.32 Å². The van der Waals surface area contributed by atoms with Gasteiger partial charge in [0.2, 0.25) is 5.91 Å². The molecule has 0 saturated heterocycles. The highest BCUT2D eigenvalue weighted by molar-refractivity contribution is 9.10. The monoisotopic (exact) mass is 337 g/mol. The third-order valence-corrected chi connectivity index (χ3v) is 5.00. The third-order valence-electron chi connectivity index (χ3n) is 4.47. The molecule has 0 aromatic heterocycles. The van der Waals surface area contributed by atoms with Crippen LogP contribution in [0.25, 0.3) is 0 Å². The molecule has 3 rings (SSSR count). The van der Waals surface area contributed by atoms with Crippen LogP contribution in [0.3, 0.4) is 0 Å². The van der Waals surface area contributed by atoms with Crippen molar-refractivity contribution in [2.75, 3.05) is 0 Å². The van der Waals surface area contributed by atoms with Crippen molar-refractivity contribution in [2.45, 2.75) is 50.2 Å². The highest BCUT2D eigenvalue weighted by atomic mass is 79.9. The number of halogens is 1. The zero-order chi connectivity index (χ0) is 14.1. The van der Waals surface area contributed by atoms with Gasteiger partial charge in [-0.3, -0.25) is 4.79 Å². The van der Waals surface area contributed by atoms with Crippen molar-refractivity contribution in [3.63, 3.8) is 0 Å². The summed E-state index contributed by atoms with van der Waals surface area (Å²) in [4.78, 5) is 12.2. The molecule has 1 amide bonds. The Morgan fingerprint density at radius 1 is 1.15 bits per heavy atom. The first kappa shape index (κ1) is 14.1. The van der Waals surface area contributed by atoms with Crippen LogP contribution in [-0.4, -0.2) is 23.2 Å². The second kappa shape index (κ2) is 5.86. The Balaban J connectivity index is 1.51. The van der Waals surface area contributed by atoms with Gasteiger partial charge in [-0.2, -0.15) is 0 Å². The first-order chi connectivity index (χ1) is 9.63. The van der Waals surface area contributed by atoms with Crippen molar-refractivity contribution in [3.05, 3.63) is 34.3 Å². The van der Waals surface area contributed by atoms with E-state index < -0.39 is 0 Å². The van der Waals surface area contributed by atoms with Crippen molar-refractivity contribution < 1.29 is 9.90 Å². The highest BCUT2D eigenvalue weighted by Crippen LogP contribution is 2.47. The summed E-state index contributed by atoms with van der Waals surface area (Å²) in [7, 11) is 0. The van der Waals surface area contributed by atoms with E-state index in [4.69, 9.17) is 0 Å². The van der Waals surface area contributed by atoms with Crippen LogP contribution < -0.4 is 5.32 Å². The van der Waals surface area contributed by atoms with Crippen LogP contribution in [0.1, 0.15) is 43.6 Å². The summed E-state index contributed by atoms with van der Waals surface area (Å²) < 4.78 is 1.07. The molecule has 0 heterocycles. The van der Waals surface area contributed by atoms with Crippen molar-refractivity contribution in [3.8, 4) is 0 Å². The molecule has 0 radical (unpaired) electrons. The van der Waals surface area contributed by atoms with E-state index in [2.05, 4.69) is 33.4 Å². The number of aliphatic hydroxyl groups is 1. The molecule has 1 aromatic rings. The summed E-state index contributed by atoms with van der Waals surface area (Å²) >= 11 is 3.43. The SMILES string of the molecule is O=C(NC1CCC(O)CC1)[C@@H]1C[C@H]1c1ccc(Br)cc1. The van der Waals surface area contributed by atoms with Crippen LogP contribution in [0.15, 0.2) is 28.7 Å². The normalized spacial score (nSPS) is 32.7. The van der Waals surface area contributed by atoms with E-state index in [1.165, 1.54) is 5.56 Å². The summed E-state index contributed by atoms with van der Waals surface area (Å²) in [5.74, 6) is 0.722. The number of hydrogen-bond acceptors (Lipinski definition) is 2. The molecule has 4 heteroatoms. The van der Waals surface area contributed by atoms with Gasteiger partial charge >= 0.3 is 0 Å². The van der Waals surface area contributed by atoms with E-state index in [-0.39, 0.29) is 24.0 Å². The molecule has 0 unspecified atom stereocenters. The van der Waals surface area contributed by atoms with Gasteiger partial charge in [0.1, 0.15) is 0 Å². The maximum Gasteiger partial charge on any atom is 0.223 e. The van der Waals surface area contributed by atoms with Gasteiger partial charge in [-0.1, -0.05) is 28.1 Å². The molecule has 20 heavy (non-hydrogen) atoms. The minimum Gasteiger partial charge on any atom is -0.393 e. The van der Waals surface area contributed by atoms with Crippen molar-refractivity contribution >= 4 is 21.8 Å². The van der Waals surface area contributed by atoms with E-state index >= 15 is 0 Å². The summed E-state index contributed by atoms with van der Waals surface area (Å²) in [6.07, 6.45) is 4.23. The van der Waals surface area contributed by atoms with Gasteiger partial charge in [-0.05, 0) is 55.7 Å². The molecular weight excluding hydrogens is 318 g/mol. The van der Waals surface area contributed by atoms with Crippen LogP contribution >= 0.6 is 15.9 Å². The largest absolute Gasteiger partial charge is 0.393 e. The average Bonchev–Trinajstić information content (AvgIpc) is 3.23. The number of hydrogen-bond donors (Lipinski definition) is 2. The number of rotatable bonds is 3. The zero-order valence-electron chi connectivity index (χ0n) is 11.4. The van der Waals surface area contributed by atoms with E-state index in [1.807, 2.05) is 12.1 Å². The molecule has 3 nitrogen and oxygen atoms in total. The number of carbonyl (C=O) groups is 1. The van der Waals surface area contributed by atoms with Gasteiger partial charge in [-0.25, -0.2) is 0 Å². The Morgan fingerprint density at radius 3 is 2.45 bits per heavy atom. The Kier molecular flexibility index (Phi) is 4.13. The predicted molar refractivity (Wildman–Crippen MR) is 81.4 cm³/mol. The molecule has 1 aromatic carbocycles. The molecule has 2 aliphatic carbocycles. The van der Waals surface area contributed by atoms with Crippen LogP contribution in [0.2, 0.25) is 0 Å². The lowest BCUT2D eigenvalue weighted by molar-refractivity contribution is -0.123. The Morgan fingerprint density at radius 2 is 1.80 bits per heavy atom. The minimum absolute atomic E-state index is 0.142. The Labute approximate surface area is 127 Å². The first-order valence-corrected chi connectivity index (χ1v) is 8.16. The summed E-state index contributed by atoms with van der Waals surface area (Å²) in [5.41, 5.74) is 1.26. The van der Waals surface area contributed by atoms with Crippen molar-refractivity contribution in [2.24, 2.45) is 5.92 Å². The van der Waals surface area contributed by atoms with Gasteiger partial charge in [0.15, 0.2) is 0 Å². The van der Waals surface area contributed by atoms with Gasteiger partial charge < -0.3 is 10.4 Å². The number of benzene rings is 1. The van der Waals surface area contributed by atoms with E-state index in [1.54, 1.807) is 0 Å². The third kappa shape index (κ3) is 3.23. The molecule has 0 spiro atoms. The number of amides is 1. The fraction of sp³-hybridized carbons (Fsp3) is 0.562. The molecule has 108 valence electrons. The Bertz CT molecular complexity index is 480. The molecule has 0 bridgehead atoms. The summed E-state index contributed by atoms with van der Waals surface area (Å²) in [6, 6.07) is 8.52. The predicted octanol–water partition coefficient (Wildman–Crippen LogP) is 2.97. The number of nitrogens with one attached hydrogen (secondary N) is 1. The lowest BCUT2D eigenvalue weighted by atomic mass is 9.93. The second-order valence-electron chi connectivity index (χ2n) is 6.01. The topological polar surface area (TPSA) is 49.3 Å². The van der Waals surface area contributed by atoms with Crippen LogP contribution in [0.4, 0.5) is 0 Å². The molecule has 2 saturated carbocycles. The van der Waals surface area contributed by atoms with Crippen LogP contribution in [-0.2, 0) is 4.79 Å². The quantitative estimate of drug-likeness (QED) is 0.890. The summed E-state index contributed by atoms with van der Waals surface area (Å²) in [6.45, 7) is 0. The van der Waals surface area contributed by atoms with Gasteiger partial charge in [-0.15, -0.1) is 0 Å². The van der Waals surface area contributed by atoms with Gasteiger partial charge in [0.05, 0.1) is 6.10 Å². The lowest BCUT2D eigenvalue weighted by Gasteiger charge is -2.26. The average molecular weight is 338 g/mol. The lowest BCUT2D eigenvalue weighted by Crippen LogP contribution is -2.39. The van der Waals surface area contributed by atoms with E-state index in [9.17, 15) is 9.90 Å². The highest BCUT2D eigenvalue weighted by Gasteiger charge is 2.44. The van der Waals surface area contributed by atoms with Crippen molar-refractivity contribution in [1.29, 1.82) is 0 Å². The van der Waals surface area contributed by atoms with Gasteiger partial charge in [0.25, 0.3) is 0 Å². The number of aliphatic hydroxyl groups excluding tert-OH is 1. The fourth-order valence-corrected chi connectivity index (χ4v) is 3.36. The first-order valence-electron chi connectivity index (χ1n) is 7.37. The van der Waals surface area contributed by atoms with Crippen LogP contribution in [0.5, 0.6) is 0 Å². The second-order valence-corrected chi connectivity index (χ2v) is 6.93. The fourth-order valence-electron chi connectivity index (χ4n) is 3.09. The van der Waals surface area contributed by atoms with E-state index in [0.717, 1.165) is 36.6 Å². The standard InChI is InChI=1S/C16H20BrNO2/c17-11-3-1-10(2-4-11)14-9-15(14)16(20)18-12-5-7-13(19)8-6-12/h1-4,12-15,19H,5-9H2,(H,18,20)/t12?,13?,14-,15+/m0/s1. The minimum atomic E-state index is -0.167. The molecule has 2 atom stereocenters. The van der Waals surface area contributed by atoms with Crippen LogP contribution in [0, 0.1) is 5.92 Å². The van der Waals surface area contributed by atoms with Gasteiger partial charge in [0, 0.05) is 16.4 Å². The molecular formula is C16H20BrNO2. The maximum atomic E-state index is 12.2. The molecule has 2 N–H and O–H groups in total. The zero-order valence-corrected chi connectivity index (χ0v) is 13.0. The number of carbonyl (C=O) groups excluding carboxylic acids is 1. The molecule has 0 aliphatic heterocycles.